The number of carboxylic acids is 1. The molecule has 0 saturated carbocycles. The Morgan fingerprint density at radius 3 is 2.78 bits per heavy atom. The van der Waals surface area contributed by atoms with Gasteiger partial charge in [0.25, 0.3) is 0 Å². The third-order valence-corrected chi connectivity index (χ3v) is 4.14. The number of carbonyl (C=O) groups excluding carboxylic acids is 1. The highest BCUT2D eigenvalue weighted by atomic mass is 16.4. The smallest absolute Gasteiger partial charge is 0.326 e. The highest BCUT2D eigenvalue weighted by Crippen LogP contribution is 2.19. The number of likely N-dealkylation sites (tertiary alicyclic amines) is 1. The van der Waals surface area contributed by atoms with E-state index in [1.54, 1.807) is 10.9 Å². The van der Waals surface area contributed by atoms with Crippen LogP contribution in [0.3, 0.4) is 0 Å². The lowest BCUT2D eigenvalue weighted by molar-refractivity contribution is -0.148. The number of benzene rings is 1. The molecule has 1 aromatic carbocycles. The lowest BCUT2D eigenvalue weighted by Crippen LogP contribution is -2.40. The van der Waals surface area contributed by atoms with Gasteiger partial charge >= 0.3 is 5.97 Å². The standard InChI is InChI=1S/C17H19N3O3/c21-16(19-10-4-7-15(19)17(22)23)9-8-13-11-18-20(12-13)14-5-2-1-3-6-14/h1-3,5-6,11-12,15H,4,7-10H2,(H,22,23). The number of aliphatic carboxylic acids is 1. The van der Waals surface area contributed by atoms with E-state index in [-0.39, 0.29) is 5.91 Å². The minimum Gasteiger partial charge on any atom is -0.480 e. The number of aromatic nitrogens is 2. The molecule has 0 spiro atoms. The summed E-state index contributed by atoms with van der Waals surface area (Å²) in [5.74, 6) is -1.00. The first-order chi connectivity index (χ1) is 11.1. The quantitative estimate of drug-likeness (QED) is 0.914. The van der Waals surface area contributed by atoms with Crippen LogP contribution < -0.4 is 0 Å². The molecule has 6 heteroatoms. The molecule has 0 radical (unpaired) electrons. The van der Waals surface area contributed by atoms with Gasteiger partial charge in [-0.05, 0) is 37.0 Å². The van der Waals surface area contributed by atoms with Crippen molar-refractivity contribution in [1.29, 1.82) is 0 Å². The van der Waals surface area contributed by atoms with Gasteiger partial charge in [-0.25, -0.2) is 9.48 Å². The summed E-state index contributed by atoms with van der Waals surface area (Å²) in [4.78, 5) is 24.9. The molecular formula is C17H19N3O3. The SMILES string of the molecule is O=C(O)C1CCCN1C(=O)CCc1cnn(-c2ccccc2)c1. The van der Waals surface area contributed by atoms with E-state index in [4.69, 9.17) is 5.11 Å². The highest BCUT2D eigenvalue weighted by molar-refractivity contribution is 5.84. The molecule has 3 rings (SSSR count). The second-order valence-electron chi connectivity index (χ2n) is 5.71. The average molecular weight is 313 g/mol. The number of rotatable bonds is 5. The van der Waals surface area contributed by atoms with Gasteiger partial charge in [0.1, 0.15) is 6.04 Å². The molecule has 0 aliphatic carbocycles. The molecule has 1 aliphatic rings. The number of amides is 1. The summed E-state index contributed by atoms with van der Waals surface area (Å²) in [7, 11) is 0. The molecular weight excluding hydrogens is 294 g/mol. The molecule has 1 N–H and O–H groups in total. The van der Waals surface area contributed by atoms with Crippen molar-refractivity contribution in [3.63, 3.8) is 0 Å². The molecule has 2 heterocycles. The van der Waals surface area contributed by atoms with E-state index in [1.165, 1.54) is 4.90 Å². The van der Waals surface area contributed by atoms with Crippen LogP contribution in [0.1, 0.15) is 24.8 Å². The maximum absolute atomic E-state index is 12.2. The minimum absolute atomic E-state index is 0.0950. The molecule has 6 nitrogen and oxygen atoms in total. The second-order valence-corrected chi connectivity index (χ2v) is 5.71. The van der Waals surface area contributed by atoms with Crippen molar-refractivity contribution >= 4 is 11.9 Å². The Balaban J connectivity index is 1.60. The van der Waals surface area contributed by atoms with Crippen LogP contribution in [-0.2, 0) is 16.0 Å². The zero-order valence-corrected chi connectivity index (χ0v) is 12.8. The van der Waals surface area contributed by atoms with Crippen LogP contribution >= 0.6 is 0 Å². The monoisotopic (exact) mass is 313 g/mol. The Morgan fingerprint density at radius 2 is 2.04 bits per heavy atom. The molecule has 1 unspecified atom stereocenters. The summed E-state index contributed by atoms with van der Waals surface area (Å²) < 4.78 is 1.77. The Kier molecular flexibility index (Phi) is 4.41. The maximum atomic E-state index is 12.2. The number of hydrogen-bond donors (Lipinski definition) is 1. The molecule has 1 aliphatic heterocycles. The van der Waals surface area contributed by atoms with Crippen molar-refractivity contribution in [2.45, 2.75) is 31.7 Å². The molecule has 1 aromatic heterocycles. The van der Waals surface area contributed by atoms with E-state index in [9.17, 15) is 9.59 Å². The summed E-state index contributed by atoms with van der Waals surface area (Å²) in [6.07, 6.45) is 5.83. The topological polar surface area (TPSA) is 75.4 Å². The molecule has 1 saturated heterocycles. The molecule has 0 bridgehead atoms. The minimum atomic E-state index is -0.909. The van der Waals surface area contributed by atoms with Crippen molar-refractivity contribution in [2.75, 3.05) is 6.54 Å². The number of hydrogen-bond acceptors (Lipinski definition) is 3. The fourth-order valence-corrected chi connectivity index (χ4v) is 2.93. The van der Waals surface area contributed by atoms with E-state index in [0.717, 1.165) is 17.7 Å². The van der Waals surface area contributed by atoms with Gasteiger partial charge in [-0.15, -0.1) is 0 Å². The van der Waals surface area contributed by atoms with Gasteiger partial charge in [0, 0.05) is 19.2 Å². The van der Waals surface area contributed by atoms with E-state index in [1.807, 2.05) is 36.5 Å². The zero-order valence-electron chi connectivity index (χ0n) is 12.8. The fourth-order valence-electron chi connectivity index (χ4n) is 2.93. The summed E-state index contributed by atoms with van der Waals surface area (Å²) in [6.45, 7) is 0.541. The molecule has 120 valence electrons. The Labute approximate surface area is 134 Å². The largest absolute Gasteiger partial charge is 0.480 e. The number of nitrogens with zero attached hydrogens (tertiary/aromatic N) is 3. The first-order valence-electron chi connectivity index (χ1n) is 7.76. The first kappa shape index (κ1) is 15.3. The van der Waals surface area contributed by atoms with Crippen LogP contribution in [0.25, 0.3) is 5.69 Å². The van der Waals surface area contributed by atoms with E-state index < -0.39 is 12.0 Å². The van der Waals surface area contributed by atoms with Gasteiger partial charge in [0.2, 0.25) is 5.91 Å². The lowest BCUT2D eigenvalue weighted by atomic mass is 10.1. The Bertz CT molecular complexity index is 696. The number of carbonyl (C=O) groups is 2. The van der Waals surface area contributed by atoms with Gasteiger partial charge in [-0.2, -0.15) is 5.10 Å². The number of para-hydroxylation sites is 1. The van der Waals surface area contributed by atoms with Crippen LogP contribution in [-0.4, -0.2) is 44.3 Å². The van der Waals surface area contributed by atoms with Crippen molar-refractivity contribution < 1.29 is 14.7 Å². The van der Waals surface area contributed by atoms with E-state index in [2.05, 4.69) is 5.10 Å². The molecule has 23 heavy (non-hydrogen) atoms. The van der Waals surface area contributed by atoms with Gasteiger partial charge in [-0.3, -0.25) is 4.79 Å². The third-order valence-electron chi connectivity index (χ3n) is 4.14. The Hall–Kier alpha value is -2.63. The summed E-state index contributed by atoms with van der Waals surface area (Å²) >= 11 is 0. The summed E-state index contributed by atoms with van der Waals surface area (Å²) in [5.41, 5.74) is 1.93. The van der Waals surface area contributed by atoms with Crippen molar-refractivity contribution in [3.05, 3.63) is 48.3 Å². The molecule has 1 atom stereocenters. The van der Waals surface area contributed by atoms with Crippen LogP contribution in [0.5, 0.6) is 0 Å². The first-order valence-corrected chi connectivity index (χ1v) is 7.76. The van der Waals surface area contributed by atoms with Crippen LogP contribution in [0.4, 0.5) is 0 Å². The van der Waals surface area contributed by atoms with E-state index >= 15 is 0 Å². The molecule has 1 amide bonds. The van der Waals surface area contributed by atoms with E-state index in [0.29, 0.717) is 25.8 Å². The van der Waals surface area contributed by atoms with Crippen LogP contribution in [0.15, 0.2) is 42.7 Å². The Morgan fingerprint density at radius 1 is 1.26 bits per heavy atom. The van der Waals surface area contributed by atoms with Crippen molar-refractivity contribution in [3.8, 4) is 5.69 Å². The number of carboxylic acid groups (broad SMARTS) is 1. The molecule has 1 fully saturated rings. The van der Waals surface area contributed by atoms with Crippen LogP contribution in [0, 0.1) is 0 Å². The average Bonchev–Trinajstić information content (AvgIpc) is 3.23. The third kappa shape index (κ3) is 3.41. The van der Waals surface area contributed by atoms with Gasteiger partial charge in [0.15, 0.2) is 0 Å². The maximum Gasteiger partial charge on any atom is 0.326 e. The lowest BCUT2D eigenvalue weighted by Gasteiger charge is -2.21. The highest BCUT2D eigenvalue weighted by Gasteiger charge is 2.33. The van der Waals surface area contributed by atoms with Crippen molar-refractivity contribution in [2.24, 2.45) is 0 Å². The van der Waals surface area contributed by atoms with Crippen LogP contribution in [0.2, 0.25) is 0 Å². The normalized spacial score (nSPS) is 17.4. The molecule has 2 aromatic rings. The predicted octanol–water partition coefficient (Wildman–Crippen LogP) is 1.88. The van der Waals surface area contributed by atoms with Crippen molar-refractivity contribution in [1.82, 2.24) is 14.7 Å². The van der Waals surface area contributed by atoms with Gasteiger partial charge < -0.3 is 10.0 Å². The summed E-state index contributed by atoms with van der Waals surface area (Å²) in [6, 6.07) is 9.10. The predicted molar refractivity (Wildman–Crippen MR) is 84.3 cm³/mol. The number of aryl methyl sites for hydroxylation is 1. The summed E-state index contributed by atoms with van der Waals surface area (Å²) in [5, 5.41) is 13.4. The second kappa shape index (κ2) is 6.64. The van der Waals surface area contributed by atoms with Gasteiger partial charge in [-0.1, -0.05) is 18.2 Å². The zero-order chi connectivity index (χ0) is 16.2. The van der Waals surface area contributed by atoms with Gasteiger partial charge in [0.05, 0.1) is 11.9 Å². The fraction of sp³-hybridized carbons (Fsp3) is 0.353.